The maximum Gasteiger partial charge on any atom is 0.111 e. The second-order valence-corrected chi connectivity index (χ2v) is 5.84. The van der Waals surface area contributed by atoms with Crippen LogP contribution in [0.15, 0.2) is 0 Å². The van der Waals surface area contributed by atoms with Gasteiger partial charge in [0.05, 0.1) is 0 Å². The number of hydrogen-bond acceptors (Lipinski definition) is 3. The molecule has 0 fully saturated rings. The molecular weight excluding hydrogens is 224 g/mol. The highest BCUT2D eigenvalue weighted by Gasteiger charge is 2.22. The Hall–Kier alpha value is 1.53. The first-order chi connectivity index (χ1) is 3.48. The molecule has 0 bridgehead atoms. The van der Waals surface area contributed by atoms with Crippen LogP contribution in [-0.4, -0.2) is 8.24 Å². The molecule has 0 saturated heterocycles. The molecule has 1 atom stereocenters. The molecule has 0 aromatic carbocycles. The first kappa shape index (κ1) is 9.53. The summed E-state index contributed by atoms with van der Waals surface area (Å²) in [6.45, 7) is 2.05. The van der Waals surface area contributed by atoms with E-state index >= 15 is 0 Å². The predicted octanol–water partition coefficient (Wildman–Crippen LogP) is 2.60. The van der Waals surface area contributed by atoms with Gasteiger partial charge in [-0.05, 0) is 6.42 Å². The molecule has 0 nitrogen and oxygen atoms in total. The monoisotopic (exact) mass is 232 g/mol. The van der Waals surface area contributed by atoms with Gasteiger partial charge in [-0.3, -0.25) is 0 Å². The second kappa shape index (κ2) is 3.64. The molecule has 8 heavy (non-hydrogen) atoms. The van der Waals surface area contributed by atoms with Crippen LogP contribution in [0, 0.1) is 0 Å². The van der Waals surface area contributed by atoms with Crippen molar-refractivity contribution in [2.24, 2.45) is 0 Å². The average Bonchev–Trinajstić information content (AvgIpc) is 1.62. The van der Waals surface area contributed by atoms with Crippen LogP contribution in [0.2, 0.25) is 0 Å². The lowest BCUT2D eigenvalue weighted by Gasteiger charge is -2.20. The molecule has 0 aromatic heterocycles. The molecule has 0 N–H and O–H groups in total. The summed E-state index contributed by atoms with van der Waals surface area (Å²) in [6, 6.07) is 0. The third-order valence-electron chi connectivity index (χ3n) is 0.779. The quantitative estimate of drug-likeness (QED) is 0.364. The van der Waals surface area contributed by atoms with Crippen LogP contribution in [0.4, 0.5) is 0 Å². The Morgan fingerprint density at radius 2 is 1.88 bits per heavy atom. The molecule has 0 heterocycles. The first-order valence-corrected chi connectivity index (χ1v) is 4.55. The lowest BCUT2D eigenvalue weighted by atomic mass is 10.4. The fourth-order valence-corrected chi connectivity index (χ4v) is 0.822. The molecule has 4 heteroatoms. The van der Waals surface area contributed by atoms with Crippen LogP contribution in [0.3, 0.4) is 0 Å². The van der Waals surface area contributed by atoms with E-state index in [0.717, 1.165) is 6.42 Å². The van der Waals surface area contributed by atoms with Crippen molar-refractivity contribution >= 4 is 53.8 Å². The average molecular weight is 233 g/mol. The molecule has 0 aliphatic carbocycles. The topological polar surface area (TPSA) is 0 Å². The molecule has 0 spiro atoms. The summed E-state index contributed by atoms with van der Waals surface area (Å²) >= 11 is 15.7. The zero-order valence-corrected chi connectivity index (χ0v) is 8.77. The molecular formula is C4H9BrS3. The normalized spacial score (nSPS) is 16.1. The number of rotatable bonds is 2. The van der Waals surface area contributed by atoms with Gasteiger partial charge in [-0.1, -0.05) is 22.9 Å². The van der Waals surface area contributed by atoms with Gasteiger partial charge in [0.1, 0.15) is 3.41 Å². The van der Waals surface area contributed by atoms with Crippen molar-refractivity contribution in [1.82, 2.24) is 0 Å². The highest BCUT2D eigenvalue weighted by Crippen LogP contribution is 2.34. The Morgan fingerprint density at radius 1 is 1.50 bits per heavy atom. The third kappa shape index (κ3) is 3.54. The minimum atomic E-state index is -0.491. The van der Waals surface area contributed by atoms with Crippen LogP contribution in [0.1, 0.15) is 13.3 Å². The molecule has 0 amide bonds. The van der Waals surface area contributed by atoms with Gasteiger partial charge in [-0.2, -0.15) is 37.9 Å². The second-order valence-electron chi connectivity index (χ2n) is 1.56. The van der Waals surface area contributed by atoms with Gasteiger partial charge in [0, 0.05) is 4.83 Å². The van der Waals surface area contributed by atoms with Crippen molar-refractivity contribution in [2.75, 3.05) is 0 Å². The summed E-state index contributed by atoms with van der Waals surface area (Å²) < 4.78 is -0.491. The van der Waals surface area contributed by atoms with Gasteiger partial charge >= 0.3 is 0 Å². The van der Waals surface area contributed by atoms with Gasteiger partial charge in [-0.25, -0.2) is 0 Å². The minimum absolute atomic E-state index is 0.255. The predicted molar refractivity (Wildman–Crippen MR) is 52.7 cm³/mol. The van der Waals surface area contributed by atoms with Crippen LogP contribution >= 0.6 is 53.8 Å². The Balaban J connectivity index is 3.62. The lowest BCUT2D eigenvalue weighted by Crippen LogP contribution is -2.17. The molecule has 0 rings (SSSR count). The zero-order valence-electron chi connectivity index (χ0n) is 4.50. The van der Waals surface area contributed by atoms with E-state index in [1.54, 1.807) is 0 Å². The minimum Gasteiger partial charge on any atom is -0.150 e. The first-order valence-electron chi connectivity index (χ1n) is 2.29. The number of thiol groups is 3. The third-order valence-corrected chi connectivity index (χ3v) is 4.11. The molecule has 0 radical (unpaired) electrons. The van der Waals surface area contributed by atoms with E-state index in [1.807, 2.05) is 0 Å². The highest BCUT2D eigenvalue weighted by molar-refractivity contribution is 9.09. The number of alkyl halides is 1. The van der Waals surface area contributed by atoms with E-state index in [4.69, 9.17) is 0 Å². The van der Waals surface area contributed by atoms with Gasteiger partial charge in [-0.15, -0.1) is 0 Å². The van der Waals surface area contributed by atoms with Crippen LogP contribution in [0.5, 0.6) is 0 Å². The maximum atomic E-state index is 4.11. The highest BCUT2D eigenvalue weighted by atomic mass is 79.9. The standard InChI is InChI=1S/C4H9BrS3/c1-2-3(5)4(6,7)8/h3,6-8H,2H2,1H3. The van der Waals surface area contributed by atoms with Crippen molar-refractivity contribution in [1.29, 1.82) is 0 Å². The number of hydrogen-bond donors (Lipinski definition) is 3. The Kier molecular flexibility index (Phi) is 4.33. The van der Waals surface area contributed by atoms with Gasteiger partial charge in [0.2, 0.25) is 0 Å². The SMILES string of the molecule is CCC(Br)C(S)(S)S. The summed E-state index contributed by atoms with van der Waals surface area (Å²) in [7, 11) is 0. The largest absolute Gasteiger partial charge is 0.150 e. The van der Waals surface area contributed by atoms with Gasteiger partial charge < -0.3 is 0 Å². The van der Waals surface area contributed by atoms with Gasteiger partial charge in [0.25, 0.3) is 0 Å². The zero-order chi connectivity index (χ0) is 6.78. The summed E-state index contributed by atoms with van der Waals surface area (Å²) in [5.74, 6) is 0. The Morgan fingerprint density at radius 3 is 1.88 bits per heavy atom. The fraction of sp³-hybridized carbons (Fsp3) is 1.00. The van der Waals surface area contributed by atoms with Gasteiger partial charge in [0.15, 0.2) is 0 Å². The van der Waals surface area contributed by atoms with Crippen molar-refractivity contribution in [3.8, 4) is 0 Å². The lowest BCUT2D eigenvalue weighted by molar-refractivity contribution is 0.888. The van der Waals surface area contributed by atoms with E-state index in [9.17, 15) is 0 Å². The van der Waals surface area contributed by atoms with Crippen molar-refractivity contribution in [2.45, 2.75) is 21.6 Å². The van der Waals surface area contributed by atoms with E-state index in [-0.39, 0.29) is 4.83 Å². The fourth-order valence-electron chi connectivity index (χ4n) is 0.274. The summed E-state index contributed by atoms with van der Waals surface area (Å²) in [4.78, 5) is 0.255. The molecule has 0 aliphatic rings. The summed E-state index contributed by atoms with van der Waals surface area (Å²) in [5, 5.41) is 0. The molecule has 1 unspecified atom stereocenters. The van der Waals surface area contributed by atoms with E-state index in [2.05, 4.69) is 60.7 Å². The molecule has 50 valence electrons. The van der Waals surface area contributed by atoms with E-state index in [0.29, 0.717) is 0 Å². The summed E-state index contributed by atoms with van der Waals surface area (Å²) in [6.07, 6.45) is 0.983. The van der Waals surface area contributed by atoms with Crippen molar-refractivity contribution in [3.05, 3.63) is 0 Å². The van der Waals surface area contributed by atoms with Crippen LogP contribution < -0.4 is 0 Å². The Labute approximate surface area is 75.2 Å². The van der Waals surface area contributed by atoms with Crippen LogP contribution in [-0.2, 0) is 0 Å². The Bertz CT molecular complexity index is 68.2. The van der Waals surface area contributed by atoms with E-state index < -0.39 is 3.41 Å². The number of halogens is 1. The van der Waals surface area contributed by atoms with E-state index in [1.165, 1.54) is 0 Å². The smallest absolute Gasteiger partial charge is 0.111 e. The molecule has 0 saturated carbocycles. The maximum absolute atomic E-state index is 4.11. The van der Waals surface area contributed by atoms with Crippen LogP contribution in [0.25, 0.3) is 0 Å². The molecule has 0 aliphatic heterocycles. The molecule has 0 aromatic rings. The van der Waals surface area contributed by atoms with Crippen molar-refractivity contribution < 1.29 is 0 Å². The summed E-state index contributed by atoms with van der Waals surface area (Å²) in [5.41, 5.74) is 0. The van der Waals surface area contributed by atoms with Crippen molar-refractivity contribution in [3.63, 3.8) is 0 Å².